The number of hydrogen-bond donors (Lipinski definition) is 1. The standard InChI is InChI=1S/C17H29N5O/c1-20-8-10-21(11-9-20)16-4-7-22(14-15(16)3-2-12-23)17-13-18-5-6-19-17/h5-6,13,15-16,23H,2-4,7-12,14H2,1H3/t15-,16+/m0/s1. The van der Waals surface area contributed by atoms with Gasteiger partial charge in [0.15, 0.2) is 0 Å². The number of nitrogens with zero attached hydrogens (tertiary/aromatic N) is 5. The summed E-state index contributed by atoms with van der Waals surface area (Å²) >= 11 is 0. The molecule has 0 aliphatic carbocycles. The zero-order valence-corrected chi connectivity index (χ0v) is 14.1. The third-order valence-corrected chi connectivity index (χ3v) is 5.31. The topological polar surface area (TPSA) is 55.7 Å². The molecule has 0 unspecified atom stereocenters. The first kappa shape index (κ1) is 16.6. The lowest BCUT2D eigenvalue weighted by Gasteiger charge is -2.46. The number of likely N-dealkylation sites (N-methyl/N-ethyl adjacent to an activating group) is 1. The van der Waals surface area contributed by atoms with Crippen LogP contribution in [0.15, 0.2) is 18.6 Å². The Morgan fingerprint density at radius 3 is 2.70 bits per heavy atom. The van der Waals surface area contributed by atoms with E-state index in [0.717, 1.165) is 44.8 Å². The average molecular weight is 319 g/mol. The molecule has 0 bridgehead atoms. The Balaban J connectivity index is 1.66. The highest BCUT2D eigenvalue weighted by molar-refractivity contribution is 5.36. The number of aliphatic hydroxyl groups is 1. The van der Waals surface area contributed by atoms with Gasteiger partial charge >= 0.3 is 0 Å². The maximum absolute atomic E-state index is 9.25. The van der Waals surface area contributed by atoms with Crippen molar-refractivity contribution in [1.82, 2.24) is 19.8 Å². The lowest BCUT2D eigenvalue weighted by Crippen LogP contribution is -2.56. The zero-order chi connectivity index (χ0) is 16.1. The summed E-state index contributed by atoms with van der Waals surface area (Å²) in [7, 11) is 2.21. The van der Waals surface area contributed by atoms with E-state index in [-0.39, 0.29) is 6.61 Å². The van der Waals surface area contributed by atoms with E-state index in [1.807, 2.05) is 6.20 Å². The predicted molar refractivity (Wildman–Crippen MR) is 91.5 cm³/mol. The van der Waals surface area contributed by atoms with Crippen molar-refractivity contribution in [3.63, 3.8) is 0 Å². The summed E-state index contributed by atoms with van der Waals surface area (Å²) in [6.07, 6.45) is 8.51. The molecule has 3 rings (SSSR count). The van der Waals surface area contributed by atoms with Crippen molar-refractivity contribution in [2.75, 3.05) is 57.8 Å². The Hall–Kier alpha value is -1.24. The fourth-order valence-electron chi connectivity index (χ4n) is 3.95. The third-order valence-electron chi connectivity index (χ3n) is 5.31. The SMILES string of the molecule is CN1CCN([C@@H]2CCN(c3cnccn3)C[C@@H]2CCCO)CC1. The quantitative estimate of drug-likeness (QED) is 0.862. The van der Waals surface area contributed by atoms with Gasteiger partial charge in [-0.3, -0.25) is 9.88 Å². The molecule has 6 nitrogen and oxygen atoms in total. The molecule has 2 aliphatic heterocycles. The van der Waals surface area contributed by atoms with Gasteiger partial charge in [0.2, 0.25) is 0 Å². The average Bonchev–Trinajstić information content (AvgIpc) is 2.61. The van der Waals surface area contributed by atoms with Crippen molar-refractivity contribution < 1.29 is 5.11 Å². The van der Waals surface area contributed by atoms with E-state index < -0.39 is 0 Å². The van der Waals surface area contributed by atoms with Crippen molar-refractivity contribution in [2.45, 2.75) is 25.3 Å². The summed E-state index contributed by atoms with van der Waals surface area (Å²) in [5, 5.41) is 9.25. The van der Waals surface area contributed by atoms with Crippen LogP contribution in [-0.4, -0.2) is 83.8 Å². The summed E-state index contributed by atoms with van der Waals surface area (Å²) in [6, 6.07) is 0.642. The van der Waals surface area contributed by atoms with Crippen LogP contribution in [-0.2, 0) is 0 Å². The molecule has 2 atom stereocenters. The Kier molecular flexibility index (Phi) is 5.80. The number of piperidine rings is 1. The molecule has 3 heterocycles. The Labute approximate surface area is 139 Å². The molecule has 1 aromatic heterocycles. The smallest absolute Gasteiger partial charge is 0.147 e. The second-order valence-corrected chi connectivity index (χ2v) is 6.83. The van der Waals surface area contributed by atoms with Crippen LogP contribution in [0.4, 0.5) is 5.82 Å². The molecule has 1 aromatic rings. The van der Waals surface area contributed by atoms with Gasteiger partial charge in [-0.15, -0.1) is 0 Å². The van der Waals surface area contributed by atoms with Gasteiger partial charge in [0.1, 0.15) is 5.82 Å². The van der Waals surface area contributed by atoms with Crippen LogP contribution < -0.4 is 4.90 Å². The summed E-state index contributed by atoms with van der Waals surface area (Å²) in [6.45, 7) is 7.02. The van der Waals surface area contributed by atoms with E-state index >= 15 is 0 Å². The van der Waals surface area contributed by atoms with Gasteiger partial charge in [0.25, 0.3) is 0 Å². The van der Waals surface area contributed by atoms with Crippen LogP contribution in [0.25, 0.3) is 0 Å². The molecule has 0 aromatic carbocycles. The normalized spacial score (nSPS) is 27.3. The fraction of sp³-hybridized carbons (Fsp3) is 0.765. The van der Waals surface area contributed by atoms with Crippen molar-refractivity contribution in [3.05, 3.63) is 18.6 Å². The maximum Gasteiger partial charge on any atom is 0.147 e. The van der Waals surface area contributed by atoms with Crippen LogP contribution in [0, 0.1) is 5.92 Å². The minimum Gasteiger partial charge on any atom is -0.396 e. The molecule has 0 amide bonds. The fourth-order valence-corrected chi connectivity index (χ4v) is 3.95. The number of aliphatic hydroxyl groups excluding tert-OH is 1. The molecule has 0 spiro atoms. The predicted octanol–water partition coefficient (Wildman–Crippen LogP) is 0.691. The first-order chi connectivity index (χ1) is 11.3. The van der Waals surface area contributed by atoms with Crippen LogP contribution >= 0.6 is 0 Å². The minimum absolute atomic E-state index is 0.289. The molecule has 2 aliphatic rings. The van der Waals surface area contributed by atoms with Gasteiger partial charge in [-0.1, -0.05) is 0 Å². The lowest BCUT2D eigenvalue weighted by molar-refractivity contribution is 0.0637. The van der Waals surface area contributed by atoms with Crippen LogP contribution in [0.3, 0.4) is 0 Å². The number of hydrogen-bond acceptors (Lipinski definition) is 6. The van der Waals surface area contributed by atoms with Gasteiger partial charge < -0.3 is 14.9 Å². The van der Waals surface area contributed by atoms with Gasteiger partial charge in [-0.05, 0) is 32.2 Å². The molecule has 1 N–H and O–H groups in total. The maximum atomic E-state index is 9.25. The summed E-state index contributed by atoms with van der Waals surface area (Å²) in [5.74, 6) is 1.58. The summed E-state index contributed by atoms with van der Waals surface area (Å²) in [4.78, 5) is 16.1. The highest BCUT2D eigenvalue weighted by Gasteiger charge is 2.34. The Morgan fingerprint density at radius 2 is 2.00 bits per heavy atom. The van der Waals surface area contributed by atoms with E-state index in [4.69, 9.17) is 0 Å². The minimum atomic E-state index is 0.289. The van der Waals surface area contributed by atoms with Crippen molar-refractivity contribution >= 4 is 5.82 Å². The highest BCUT2D eigenvalue weighted by atomic mass is 16.2. The van der Waals surface area contributed by atoms with E-state index in [1.165, 1.54) is 19.5 Å². The lowest BCUT2D eigenvalue weighted by atomic mass is 9.86. The molecule has 2 saturated heterocycles. The van der Waals surface area contributed by atoms with Crippen molar-refractivity contribution in [3.8, 4) is 0 Å². The summed E-state index contributed by atoms with van der Waals surface area (Å²) in [5.41, 5.74) is 0. The monoisotopic (exact) mass is 319 g/mol. The second-order valence-electron chi connectivity index (χ2n) is 6.83. The molecular formula is C17H29N5O. The van der Waals surface area contributed by atoms with Gasteiger partial charge in [-0.2, -0.15) is 0 Å². The van der Waals surface area contributed by atoms with Gasteiger partial charge in [0, 0.05) is 64.3 Å². The zero-order valence-electron chi connectivity index (χ0n) is 14.1. The largest absolute Gasteiger partial charge is 0.396 e. The van der Waals surface area contributed by atoms with E-state index in [2.05, 4.69) is 31.7 Å². The molecule has 128 valence electrons. The number of aromatic nitrogens is 2. The molecular weight excluding hydrogens is 290 g/mol. The number of anilines is 1. The molecule has 0 radical (unpaired) electrons. The highest BCUT2D eigenvalue weighted by Crippen LogP contribution is 2.29. The molecule has 23 heavy (non-hydrogen) atoms. The van der Waals surface area contributed by atoms with Gasteiger partial charge in [-0.25, -0.2) is 4.98 Å². The Bertz CT molecular complexity index is 463. The van der Waals surface area contributed by atoms with Crippen LogP contribution in [0.1, 0.15) is 19.3 Å². The van der Waals surface area contributed by atoms with Crippen molar-refractivity contribution in [1.29, 1.82) is 0 Å². The van der Waals surface area contributed by atoms with Crippen molar-refractivity contribution in [2.24, 2.45) is 5.92 Å². The first-order valence-electron chi connectivity index (χ1n) is 8.82. The third kappa shape index (κ3) is 4.19. The van der Waals surface area contributed by atoms with Gasteiger partial charge in [0.05, 0.1) is 6.20 Å². The van der Waals surface area contributed by atoms with Crippen LogP contribution in [0.2, 0.25) is 0 Å². The number of rotatable bonds is 5. The van der Waals surface area contributed by atoms with E-state index in [0.29, 0.717) is 12.0 Å². The molecule has 2 fully saturated rings. The van der Waals surface area contributed by atoms with Crippen LogP contribution in [0.5, 0.6) is 0 Å². The molecule has 6 heteroatoms. The first-order valence-corrected chi connectivity index (χ1v) is 8.82. The van der Waals surface area contributed by atoms with E-state index in [1.54, 1.807) is 12.4 Å². The second kappa shape index (κ2) is 8.04. The summed E-state index contributed by atoms with van der Waals surface area (Å²) < 4.78 is 0. The molecule has 0 saturated carbocycles. The number of piperazine rings is 1. The van der Waals surface area contributed by atoms with E-state index in [9.17, 15) is 5.11 Å². The Morgan fingerprint density at radius 1 is 1.17 bits per heavy atom.